The zero-order valence-corrected chi connectivity index (χ0v) is 10.3. The zero-order chi connectivity index (χ0) is 12.3. The van der Waals surface area contributed by atoms with Gasteiger partial charge in [0.1, 0.15) is 0 Å². The molecule has 17 heavy (non-hydrogen) atoms. The molecule has 0 amide bonds. The Labute approximate surface area is 101 Å². The minimum absolute atomic E-state index is 0.721. The Kier molecular flexibility index (Phi) is 3.32. The Bertz CT molecular complexity index is 506. The lowest BCUT2D eigenvalue weighted by molar-refractivity contribution is 0.406. The molecule has 2 rings (SSSR count). The summed E-state index contributed by atoms with van der Waals surface area (Å²) in [6.45, 7) is 4.79. The number of nitrogens with zero attached hydrogens (tertiary/aromatic N) is 1. The SMILES string of the molecule is CCNc1cccc(-c2cc(C)no2)c1OC. The number of hydrogen-bond acceptors (Lipinski definition) is 4. The van der Waals surface area contributed by atoms with E-state index >= 15 is 0 Å². The summed E-state index contributed by atoms with van der Waals surface area (Å²) in [4.78, 5) is 0. The molecule has 0 aliphatic rings. The summed E-state index contributed by atoms with van der Waals surface area (Å²) in [6.07, 6.45) is 0. The van der Waals surface area contributed by atoms with Gasteiger partial charge in [0, 0.05) is 12.6 Å². The first kappa shape index (κ1) is 11.5. The molecule has 0 aliphatic heterocycles. The van der Waals surface area contributed by atoms with Crippen molar-refractivity contribution in [3.05, 3.63) is 30.0 Å². The predicted molar refractivity (Wildman–Crippen MR) is 67.4 cm³/mol. The molecule has 0 atom stereocenters. The molecule has 0 fully saturated rings. The minimum Gasteiger partial charge on any atom is -0.494 e. The van der Waals surface area contributed by atoms with Crippen LogP contribution in [0.25, 0.3) is 11.3 Å². The lowest BCUT2D eigenvalue weighted by Gasteiger charge is -2.12. The van der Waals surface area contributed by atoms with Gasteiger partial charge < -0.3 is 14.6 Å². The van der Waals surface area contributed by atoms with Crippen molar-refractivity contribution >= 4 is 5.69 Å². The highest BCUT2D eigenvalue weighted by Crippen LogP contribution is 2.36. The number of aromatic nitrogens is 1. The third-order valence-electron chi connectivity index (χ3n) is 2.48. The molecule has 0 saturated carbocycles. The number of anilines is 1. The van der Waals surface area contributed by atoms with Crippen LogP contribution in [0.1, 0.15) is 12.6 Å². The van der Waals surface area contributed by atoms with E-state index < -0.39 is 0 Å². The molecule has 1 aromatic heterocycles. The van der Waals surface area contributed by atoms with E-state index in [0.717, 1.165) is 35.0 Å². The van der Waals surface area contributed by atoms with Gasteiger partial charge in [-0.25, -0.2) is 0 Å². The molecule has 0 spiro atoms. The lowest BCUT2D eigenvalue weighted by atomic mass is 10.1. The van der Waals surface area contributed by atoms with E-state index in [1.807, 2.05) is 38.1 Å². The highest BCUT2D eigenvalue weighted by atomic mass is 16.5. The largest absolute Gasteiger partial charge is 0.494 e. The second kappa shape index (κ2) is 4.91. The third-order valence-corrected chi connectivity index (χ3v) is 2.48. The third kappa shape index (κ3) is 2.25. The maximum atomic E-state index is 5.44. The Morgan fingerprint density at radius 2 is 2.24 bits per heavy atom. The van der Waals surface area contributed by atoms with Crippen molar-refractivity contribution < 1.29 is 9.26 Å². The van der Waals surface area contributed by atoms with Crippen LogP contribution in [0.3, 0.4) is 0 Å². The summed E-state index contributed by atoms with van der Waals surface area (Å²) in [5, 5.41) is 7.15. The molecule has 1 N–H and O–H groups in total. The fraction of sp³-hybridized carbons (Fsp3) is 0.308. The number of nitrogens with one attached hydrogen (secondary N) is 1. The first-order valence-corrected chi connectivity index (χ1v) is 5.60. The van der Waals surface area contributed by atoms with Gasteiger partial charge in [-0.3, -0.25) is 0 Å². The van der Waals surface area contributed by atoms with E-state index in [1.165, 1.54) is 0 Å². The number of aryl methyl sites for hydroxylation is 1. The van der Waals surface area contributed by atoms with Crippen LogP contribution >= 0.6 is 0 Å². The quantitative estimate of drug-likeness (QED) is 0.880. The van der Waals surface area contributed by atoms with Crippen molar-refractivity contribution in [3.63, 3.8) is 0 Å². The fourth-order valence-electron chi connectivity index (χ4n) is 1.77. The van der Waals surface area contributed by atoms with Gasteiger partial charge in [0.2, 0.25) is 0 Å². The molecule has 4 heteroatoms. The molecule has 0 radical (unpaired) electrons. The molecule has 90 valence electrons. The van der Waals surface area contributed by atoms with Crippen LogP contribution < -0.4 is 10.1 Å². The molecular formula is C13H16N2O2. The molecular weight excluding hydrogens is 216 g/mol. The molecule has 1 aromatic carbocycles. The Morgan fingerprint density at radius 1 is 1.41 bits per heavy atom. The molecule has 0 unspecified atom stereocenters. The van der Waals surface area contributed by atoms with Crippen LogP contribution in [0.15, 0.2) is 28.8 Å². The number of ether oxygens (including phenoxy) is 1. The van der Waals surface area contributed by atoms with Crippen LogP contribution in [0, 0.1) is 6.92 Å². The van der Waals surface area contributed by atoms with Crippen molar-refractivity contribution in [2.75, 3.05) is 19.0 Å². The van der Waals surface area contributed by atoms with Gasteiger partial charge >= 0.3 is 0 Å². The van der Waals surface area contributed by atoms with Crippen molar-refractivity contribution in [1.29, 1.82) is 0 Å². The van der Waals surface area contributed by atoms with Gasteiger partial charge in [0.25, 0.3) is 0 Å². The van der Waals surface area contributed by atoms with Gasteiger partial charge in [-0.05, 0) is 26.0 Å². The molecule has 2 aromatic rings. The summed E-state index contributed by atoms with van der Waals surface area (Å²) in [5.41, 5.74) is 2.73. The highest BCUT2D eigenvalue weighted by Gasteiger charge is 2.13. The van der Waals surface area contributed by atoms with Crippen LogP contribution in [-0.4, -0.2) is 18.8 Å². The van der Waals surface area contributed by atoms with Gasteiger partial charge in [-0.1, -0.05) is 11.2 Å². The topological polar surface area (TPSA) is 47.3 Å². The average Bonchev–Trinajstić information content (AvgIpc) is 2.76. The molecule has 0 aliphatic carbocycles. The van der Waals surface area contributed by atoms with Crippen LogP contribution in [-0.2, 0) is 0 Å². The van der Waals surface area contributed by atoms with Crippen molar-refractivity contribution in [3.8, 4) is 17.1 Å². The molecule has 4 nitrogen and oxygen atoms in total. The average molecular weight is 232 g/mol. The van der Waals surface area contributed by atoms with Crippen molar-refractivity contribution in [1.82, 2.24) is 5.16 Å². The minimum atomic E-state index is 0.721. The predicted octanol–water partition coefficient (Wildman–Crippen LogP) is 3.09. The highest BCUT2D eigenvalue weighted by molar-refractivity contribution is 5.75. The maximum absolute atomic E-state index is 5.44. The van der Waals surface area contributed by atoms with E-state index in [2.05, 4.69) is 10.5 Å². The fourth-order valence-corrected chi connectivity index (χ4v) is 1.77. The van der Waals surface area contributed by atoms with E-state index in [1.54, 1.807) is 7.11 Å². The van der Waals surface area contributed by atoms with Gasteiger partial charge in [0.05, 0.1) is 24.1 Å². The second-order valence-electron chi connectivity index (χ2n) is 3.75. The van der Waals surface area contributed by atoms with Crippen molar-refractivity contribution in [2.45, 2.75) is 13.8 Å². The standard InChI is InChI=1S/C13H16N2O2/c1-4-14-11-7-5-6-10(13(11)16-3)12-8-9(2)15-17-12/h5-8,14H,4H2,1-3H3. The summed E-state index contributed by atoms with van der Waals surface area (Å²) in [5.74, 6) is 1.50. The van der Waals surface area contributed by atoms with E-state index in [-0.39, 0.29) is 0 Å². The van der Waals surface area contributed by atoms with Crippen LogP contribution in [0.4, 0.5) is 5.69 Å². The molecule has 1 heterocycles. The smallest absolute Gasteiger partial charge is 0.170 e. The maximum Gasteiger partial charge on any atom is 0.170 e. The monoisotopic (exact) mass is 232 g/mol. The molecule has 0 bridgehead atoms. The first-order valence-electron chi connectivity index (χ1n) is 5.60. The zero-order valence-electron chi connectivity index (χ0n) is 10.3. The van der Waals surface area contributed by atoms with Gasteiger partial charge in [-0.2, -0.15) is 0 Å². The second-order valence-corrected chi connectivity index (χ2v) is 3.75. The van der Waals surface area contributed by atoms with E-state index in [4.69, 9.17) is 9.26 Å². The number of benzene rings is 1. The Morgan fingerprint density at radius 3 is 2.82 bits per heavy atom. The van der Waals surface area contributed by atoms with E-state index in [0.29, 0.717) is 0 Å². The van der Waals surface area contributed by atoms with Crippen LogP contribution in [0.2, 0.25) is 0 Å². The first-order chi connectivity index (χ1) is 8.26. The number of rotatable bonds is 4. The lowest BCUT2D eigenvalue weighted by Crippen LogP contribution is -2.00. The van der Waals surface area contributed by atoms with E-state index in [9.17, 15) is 0 Å². The number of methoxy groups -OCH3 is 1. The summed E-state index contributed by atoms with van der Waals surface area (Å²) < 4.78 is 10.7. The normalized spacial score (nSPS) is 10.3. The summed E-state index contributed by atoms with van der Waals surface area (Å²) in [6, 6.07) is 7.80. The summed E-state index contributed by atoms with van der Waals surface area (Å²) in [7, 11) is 1.66. The van der Waals surface area contributed by atoms with Crippen molar-refractivity contribution in [2.24, 2.45) is 0 Å². The van der Waals surface area contributed by atoms with Gasteiger partial charge in [0.15, 0.2) is 11.5 Å². The van der Waals surface area contributed by atoms with Crippen LogP contribution in [0.5, 0.6) is 5.75 Å². The number of hydrogen-bond donors (Lipinski definition) is 1. The van der Waals surface area contributed by atoms with Gasteiger partial charge in [-0.15, -0.1) is 0 Å². The molecule has 0 saturated heterocycles. The summed E-state index contributed by atoms with van der Waals surface area (Å²) >= 11 is 0. The Balaban J connectivity index is 2.49. The number of para-hydroxylation sites is 1. The Hall–Kier alpha value is -1.97.